The Labute approximate surface area is 163 Å². The summed E-state index contributed by atoms with van der Waals surface area (Å²) in [6.07, 6.45) is 4.02. The summed E-state index contributed by atoms with van der Waals surface area (Å²) in [6.45, 7) is 5.74. The zero-order valence-corrected chi connectivity index (χ0v) is 15.7. The van der Waals surface area contributed by atoms with Crippen molar-refractivity contribution in [2.75, 3.05) is 39.3 Å². The van der Waals surface area contributed by atoms with Crippen LogP contribution in [-0.2, 0) is 0 Å². The first kappa shape index (κ1) is 20.8. The third-order valence-electron chi connectivity index (χ3n) is 4.32. The number of nitrogens with one attached hydrogen (secondary N) is 2. The molecule has 0 atom stereocenters. The van der Waals surface area contributed by atoms with E-state index in [4.69, 9.17) is 0 Å². The van der Waals surface area contributed by atoms with E-state index in [2.05, 4.69) is 20.6 Å². The van der Waals surface area contributed by atoms with Crippen molar-refractivity contribution in [1.82, 2.24) is 25.3 Å². The number of carbonyl (C=O) groups excluding carboxylic acids is 1. The van der Waals surface area contributed by atoms with E-state index in [1.54, 1.807) is 18.3 Å². The minimum absolute atomic E-state index is 0. The van der Waals surface area contributed by atoms with Crippen molar-refractivity contribution in [3.8, 4) is 5.69 Å². The van der Waals surface area contributed by atoms with E-state index in [0.29, 0.717) is 17.8 Å². The molecule has 0 unspecified atom stereocenters. The van der Waals surface area contributed by atoms with Gasteiger partial charge in [0, 0.05) is 51.1 Å². The van der Waals surface area contributed by atoms with Crippen molar-refractivity contribution in [1.29, 1.82) is 0 Å². The van der Waals surface area contributed by atoms with Gasteiger partial charge in [0.2, 0.25) is 0 Å². The first-order valence-corrected chi connectivity index (χ1v) is 8.64. The Kier molecular flexibility index (Phi) is 7.71. The maximum Gasteiger partial charge on any atom is 0.269 e. The highest BCUT2D eigenvalue weighted by atomic mass is 35.5. The molecule has 2 N–H and O–H groups in total. The number of nitrogens with zero attached hydrogens (tertiary/aromatic N) is 4. The maximum absolute atomic E-state index is 12.2. The lowest BCUT2D eigenvalue weighted by molar-refractivity contribution is -0.384. The smallest absolute Gasteiger partial charge is 0.269 e. The van der Waals surface area contributed by atoms with Gasteiger partial charge in [-0.15, -0.1) is 12.4 Å². The molecule has 1 aromatic carbocycles. The lowest BCUT2D eigenvalue weighted by atomic mass is 10.3. The van der Waals surface area contributed by atoms with Crippen LogP contribution in [0.5, 0.6) is 0 Å². The number of nitro groups is 1. The Balaban J connectivity index is 0.00000261. The number of amides is 1. The average Bonchev–Trinajstić information content (AvgIpc) is 3.16. The van der Waals surface area contributed by atoms with E-state index in [0.717, 1.165) is 39.1 Å². The summed E-state index contributed by atoms with van der Waals surface area (Å²) in [4.78, 5) is 24.8. The standard InChI is InChI=1S/C17H22N6O3.ClH/c24-17(19-6-1-9-21-10-7-18-8-11-21)14-12-20-22(13-14)15-2-4-16(5-3-15)23(25)26;/h2-5,12-13,18H,1,6-11H2,(H,19,24);1H. The van der Waals surface area contributed by atoms with Crippen molar-refractivity contribution < 1.29 is 9.72 Å². The monoisotopic (exact) mass is 394 g/mol. The molecule has 0 bridgehead atoms. The van der Waals surface area contributed by atoms with Crippen molar-refractivity contribution >= 4 is 24.0 Å². The molecular formula is C17H23ClN6O3. The van der Waals surface area contributed by atoms with E-state index < -0.39 is 4.92 Å². The third-order valence-corrected chi connectivity index (χ3v) is 4.32. The fourth-order valence-corrected chi connectivity index (χ4v) is 2.85. The highest BCUT2D eigenvalue weighted by Crippen LogP contribution is 2.15. The lowest BCUT2D eigenvalue weighted by Crippen LogP contribution is -2.44. The number of hydrogen-bond donors (Lipinski definition) is 2. The van der Waals surface area contributed by atoms with Crippen LogP contribution in [0.25, 0.3) is 5.69 Å². The Morgan fingerprint density at radius 3 is 2.63 bits per heavy atom. The Morgan fingerprint density at radius 2 is 1.96 bits per heavy atom. The van der Waals surface area contributed by atoms with Crippen LogP contribution >= 0.6 is 12.4 Å². The second kappa shape index (κ2) is 10.0. The Morgan fingerprint density at radius 1 is 1.26 bits per heavy atom. The summed E-state index contributed by atoms with van der Waals surface area (Å²) in [6, 6.07) is 6.01. The number of halogens is 1. The molecule has 1 aromatic heterocycles. The summed E-state index contributed by atoms with van der Waals surface area (Å²) >= 11 is 0. The summed E-state index contributed by atoms with van der Waals surface area (Å²) < 4.78 is 1.53. The highest BCUT2D eigenvalue weighted by molar-refractivity contribution is 5.93. The SMILES string of the molecule is Cl.O=C(NCCCN1CCNCC1)c1cnn(-c2ccc([N+](=O)[O-])cc2)c1. The fraction of sp³-hybridized carbons (Fsp3) is 0.412. The molecule has 27 heavy (non-hydrogen) atoms. The molecule has 2 heterocycles. The van der Waals surface area contributed by atoms with Crippen LogP contribution in [-0.4, -0.2) is 64.8 Å². The molecule has 0 aliphatic carbocycles. The van der Waals surface area contributed by atoms with Gasteiger partial charge in [0.1, 0.15) is 0 Å². The largest absolute Gasteiger partial charge is 0.352 e. The maximum atomic E-state index is 12.2. The zero-order valence-electron chi connectivity index (χ0n) is 14.8. The number of carbonyl (C=O) groups is 1. The zero-order chi connectivity index (χ0) is 18.4. The van der Waals surface area contributed by atoms with Gasteiger partial charge in [0.25, 0.3) is 11.6 Å². The number of nitro benzene ring substituents is 1. The number of aromatic nitrogens is 2. The molecule has 2 aromatic rings. The summed E-state index contributed by atoms with van der Waals surface area (Å²) in [5.41, 5.74) is 1.14. The van der Waals surface area contributed by atoms with Crippen LogP contribution in [0, 0.1) is 10.1 Å². The molecule has 0 saturated carbocycles. The van der Waals surface area contributed by atoms with Gasteiger partial charge >= 0.3 is 0 Å². The molecule has 9 nitrogen and oxygen atoms in total. The van der Waals surface area contributed by atoms with Gasteiger partial charge in [0.05, 0.1) is 22.4 Å². The van der Waals surface area contributed by atoms with E-state index in [9.17, 15) is 14.9 Å². The Hall–Kier alpha value is -2.49. The van der Waals surface area contributed by atoms with Crippen molar-refractivity contribution in [3.63, 3.8) is 0 Å². The van der Waals surface area contributed by atoms with Crippen molar-refractivity contribution in [3.05, 3.63) is 52.3 Å². The van der Waals surface area contributed by atoms with Crippen LogP contribution in [0.1, 0.15) is 16.8 Å². The van der Waals surface area contributed by atoms with Crippen LogP contribution in [0.4, 0.5) is 5.69 Å². The minimum atomic E-state index is -0.452. The van der Waals surface area contributed by atoms with Gasteiger partial charge in [-0.1, -0.05) is 0 Å². The number of piperazine rings is 1. The van der Waals surface area contributed by atoms with Crippen LogP contribution in [0.3, 0.4) is 0 Å². The number of hydrogen-bond acceptors (Lipinski definition) is 6. The predicted octanol–water partition coefficient (Wildman–Crippen LogP) is 1.23. The van der Waals surface area contributed by atoms with Gasteiger partial charge < -0.3 is 15.5 Å². The molecule has 1 aliphatic heterocycles. The van der Waals surface area contributed by atoms with Gasteiger partial charge in [-0.05, 0) is 25.1 Å². The molecule has 3 rings (SSSR count). The molecule has 1 saturated heterocycles. The predicted molar refractivity (Wildman–Crippen MR) is 104 cm³/mol. The quantitative estimate of drug-likeness (QED) is 0.415. The first-order chi connectivity index (χ1) is 12.6. The van der Waals surface area contributed by atoms with Crippen molar-refractivity contribution in [2.24, 2.45) is 0 Å². The second-order valence-electron chi connectivity index (χ2n) is 6.15. The molecular weight excluding hydrogens is 372 g/mol. The Bertz CT molecular complexity index is 758. The third kappa shape index (κ3) is 5.75. The van der Waals surface area contributed by atoms with Crippen molar-refractivity contribution in [2.45, 2.75) is 6.42 Å². The number of non-ortho nitro benzene ring substituents is 1. The average molecular weight is 395 g/mol. The van der Waals surface area contributed by atoms with E-state index in [-0.39, 0.29) is 24.0 Å². The summed E-state index contributed by atoms with van der Waals surface area (Å²) in [7, 11) is 0. The van der Waals surface area contributed by atoms with Crippen LogP contribution < -0.4 is 10.6 Å². The molecule has 146 valence electrons. The van der Waals surface area contributed by atoms with Gasteiger partial charge in [0.15, 0.2) is 0 Å². The number of benzene rings is 1. The van der Waals surface area contributed by atoms with Gasteiger partial charge in [-0.3, -0.25) is 14.9 Å². The van der Waals surface area contributed by atoms with Gasteiger partial charge in [-0.2, -0.15) is 5.10 Å². The fourth-order valence-electron chi connectivity index (χ4n) is 2.85. The van der Waals surface area contributed by atoms with E-state index in [1.165, 1.54) is 23.0 Å². The number of rotatable bonds is 7. The van der Waals surface area contributed by atoms with Crippen LogP contribution in [0.15, 0.2) is 36.7 Å². The highest BCUT2D eigenvalue weighted by Gasteiger charge is 2.12. The van der Waals surface area contributed by atoms with E-state index >= 15 is 0 Å². The summed E-state index contributed by atoms with van der Waals surface area (Å²) in [5.74, 6) is -0.168. The summed E-state index contributed by atoms with van der Waals surface area (Å²) in [5, 5.41) is 21.1. The molecule has 1 fully saturated rings. The molecule has 0 spiro atoms. The normalized spacial score (nSPS) is 14.4. The van der Waals surface area contributed by atoms with Gasteiger partial charge in [-0.25, -0.2) is 4.68 Å². The molecule has 1 aliphatic rings. The second-order valence-corrected chi connectivity index (χ2v) is 6.15. The topological polar surface area (TPSA) is 105 Å². The van der Waals surface area contributed by atoms with Crippen LogP contribution in [0.2, 0.25) is 0 Å². The minimum Gasteiger partial charge on any atom is -0.352 e. The molecule has 10 heteroatoms. The van der Waals surface area contributed by atoms with E-state index in [1.807, 2.05) is 0 Å². The molecule has 1 amide bonds. The molecule has 0 radical (unpaired) electrons. The first-order valence-electron chi connectivity index (χ1n) is 8.64. The lowest BCUT2D eigenvalue weighted by Gasteiger charge is -2.27.